The van der Waals surface area contributed by atoms with Crippen molar-refractivity contribution >= 4 is 35.6 Å². The maximum absolute atomic E-state index is 12.1. The molecule has 9 heteroatoms. The third kappa shape index (κ3) is 5.17. The Morgan fingerprint density at radius 1 is 1.24 bits per heavy atom. The molecule has 4 rings (SSSR count). The Morgan fingerprint density at radius 3 is 2.58 bits per heavy atom. The summed E-state index contributed by atoms with van der Waals surface area (Å²) in [6.07, 6.45) is 1.39. The highest BCUT2D eigenvalue weighted by Crippen LogP contribution is 2.38. The van der Waals surface area contributed by atoms with Gasteiger partial charge in [-0.05, 0) is 35.7 Å². The number of carboxylic acids is 1. The van der Waals surface area contributed by atoms with Gasteiger partial charge in [0.2, 0.25) is 6.79 Å². The number of aliphatic carboxylic acids is 1. The molecular formula is C24H23ClN2O5S. The van der Waals surface area contributed by atoms with Gasteiger partial charge in [-0.15, -0.1) is 0 Å². The molecule has 0 bridgehead atoms. The van der Waals surface area contributed by atoms with Crippen molar-refractivity contribution in [1.82, 2.24) is 9.55 Å². The van der Waals surface area contributed by atoms with Crippen molar-refractivity contribution in [3.8, 4) is 11.5 Å². The van der Waals surface area contributed by atoms with Crippen molar-refractivity contribution in [3.63, 3.8) is 0 Å². The number of ether oxygens (including phenoxy) is 2. The number of hydrogen-bond donors (Lipinski definition) is 1. The van der Waals surface area contributed by atoms with Crippen molar-refractivity contribution in [2.45, 2.75) is 49.1 Å². The zero-order valence-electron chi connectivity index (χ0n) is 18.2. The van der Waals surface area contributed by atoms with Crippen LogP contribution in [0.5, 0.6) is 11.5 Å². The van der Waals surface area contributed by atoms with E-state index in [2.05, 4.69) is 0 Å². The average molecular weight is 487 g/mol. The summed E-state index contributed by atoms with van der Waals surface area (Å²) in [5.41, 5.74) is 2.23. The number of halogens is 1. The van der Waals surface area contributed by atoms with Crippen LogP contribution in [0.4, 0.5) is 0 Å². The van der Waals surface area contributed by atoms with Gasteiger partial charge < -0.3 is 19.1 Å². The van der Waals surface area contributed by atoms with Crippen LogP contribution in [0.3, 0.4) is 0 Å². The Labute approximate surface area is 200 Å². The van der Waals surface area contributed by atoms with Crippen molar-refractivity contribution < 1.29 is 24.2 Å². The summed E-state index contributed by atoms with van der Waals surface area (Å²) in [4.78, 5) is 28.6. The third-order valence-corrected chi connectivity index (χ3v) is 6.62. The van der Waals surface area contributed by atoms with Gasteiger partial charge in [-0.25, -0.2) is 4.98 Å². The molecule has 1 aromatic heterocycles. The highest BCUT2D eigenvalue weighted by Gasteiger charge is 2.23. The van der Waals surface area contributed by atoms with Crippen molar-refractivity contribution in [2.24, 2.45) is 0 Å². The topological polar surface area (TPSA) is 90.7 Å². The molecule has 7 nitrogen and oxygen atoms in total. The fourth-order valence-electron chi connectivity index (χ4n) is 3.59. The molecule has 2 aromatic carbocycles. The fraction of sp³-hybridized carbons (Fsp3) is 0.292. The number of nitrogens with zero attached hydrogens (tertiary/aromatic N) is 2. The van der Waals surface area contributed by atoms with E-state index in [-0.39, 0.29) is 19.1 Å². The first-order chi connectivity index (χ1) is 15.9. The maximum Gasteiger partial charge on any atom is 0.303 e. The Bertz CT molecular complexity index is 1190. The predicted molar refractivity (Wildman–Crippen MR) is 125 cm³/mol. The number of hydrogen-bond acceptors (Lipinski definition) is 6. The Hall–Kier alpha value is -2.97. The van der Waals surface area contributed by atoms with E-state index in [4.69, 9.17) is 31.2 Å². The molecule has 0 saturated carbocycles. The Balaban J connectivity index is 1.62. The zero-order chi connectivity index (χ0) is 23.5. The number of benzene rings is 2. The minimum Gasteiger partial charge on any atom is -0.481 e. The molecule has 1 aliphatic rings. The molecule has 0 unspecified atom stereocenters. The SMILES string of the molecule is CC(C)c1nc(Sc2ccc(CCC(=O)O)cc2)c(C=O)n1Cc1cc2c(cc1Cl)OCO2. The first kappa shape index (κ1) is 23.2. The van der Waals surface area contributed by atoms with Crippen molar-refractivity contribution in [3.05, 3.63) is 64.1 Å². The summed E-state index contributed by atoms with van der Waals surface area (Å²) in [6, 6.07) is 11.2. The van der Waals surface area contributed by atoms with Gasteiger partial charge in [-0.3, -0.25) is 9.59 Å². The highest BCUT2D eigenvalue weighted by atomic mass is 35.5. The third-order valence-electron chi connectivity index (χ3n) is 5.27. The molecule has 0 amide bonds. The highest BCUT2D eigenvalue weighted by molar-refractivity contribution is 7.99. The van der Waals surface area contributed by atoms with Crippen LogP contribution in [-0.2, 0) is 17.8 Å². The molecule has 0 fully saturated rings. The zero-order valence-corrected chi connectivity index (χ0v) is 19.8. The van der Waals surface area contributed by atoms with E-state index in [1.165, 1.54) is 11.8 Å². The van der Waals surface area contributed by atoms with Crippen LogP contribution >= 0.6 is 23.4 Å². The van der Waals surface area contributed by atoms with Crippen molar-refractivity contribution in [2.75, 3.05) is 6.79 Å². The van der Waals surface area contributed by atoms with E-state index in [1.807, 2.05) is 48.7 Å². The number of imidazole rings is 1. The molecule has 33 heavy (non-hydrogen) atoms. The van der Waals surface area contributed by atoms with Crippen LogP contribution in [0.2, 0.25) is 5.02 Å². The maximum atomic E-state index is 12.1. The van der Waals surface area contributed by atoms with E-state index in [0.29, 0.717) is 40.2 Å². The summed E-state index contributed by atoms with van der Waals surface area (Å²) in [5, 5.41) is 10.0. The van der Waals surface area contributed by atoms with Crippen molar-refractivity contribution in [1.29, 1.82) is 0 Å². The molecule has 0 aliphatic carbocycles. The first-order valence-electron chi connectivity index (χ1n) is 10.5. The summed E-state index contributed by atoms with van der Waals surface area (Å²) >= 11 is 7.88. The lowest BCUT2D eigenvalue weighted by Gasteiger charge is -2.13. The van der Waals surface area contributed by atoms with Gasteiger partial charge in [-0.1, -0.05) is 49.3 Å². The standard InChI is InChI=1S/C24H23ClN2O5S/c1-14(2)23-26-24(33-17-6-3-15(4-7-17)5-8-22(29)30)19(12-28)27(23)11-16-9-20-21(10-18(16)25)32-13-31-20/h3-4,6-7,9-10,12,14H,5,8,11,13H2,1-2H3,(H,29,30). The van der Waals surface area contributed by atoms with Gasteiger partial charge >= 0.3 is 5.97 Å². The summed E-state index contributed by atoms with van der Waals surface area (Å²) in [5.74, 6) is 1.29. The smallest absolute Gasteiger partial charge is 0.303 e. The minimum atomic E-state index is -0.821. The molecular weight excluding hydrogens is 464 g/mol. The summed E-state index contributed by atoms with van der Waals surface area (Å²) < 4.78 is 12.8. The number of carboxylic acid groups (broad SMARTS) is 1. The van der Waals surface area contributed by atoms with Gasteiger partial charge in [0.05, 0.1) is 6.54 Å². The van der Waals surface area contributed by atoms with E-state index in [9.17, 15) is 9.59 Å². The molecule has 2 heterocycles. The van der Waals surface area contributed by atoms with Crippen LogP contribution in [0.1, 0.15) is 53.6 Å². The van der Waals surface area contributed by atoms with Crippen LogP contribution in [0.15, 0.2) is 46.3 Å². The Morgan fingerprint density at radius 2 is 1.94 bits per heavy atom. The number of aromatic nitrogens is 2. The number of aldehydes is 1. The van der Waals surface area contributed by atoms with Gasteiger partial charge in [0.1, 0.15) is 16.5 Å². The summed E-state index contributed by atoms with van der Waals surface area (Å²) in [6.45, 7) is 4.59. The number of aryl methyl sites for hydroxylation is 1. The second-order valence-electron chi connectivity index (χ2n) is 7.96. The summed E-state index contributed by atoms with van der Waals surface area (Å²) in [7, 11) is 0. The van der Waals surface area contributed by atoms with E-state index in [1.54, 1.807) is 6.07 Å². The van der Waals surface area contributed by atoms with Gasteiger partial charge in [0.15, 0.2) is 17.8 Å². The van der Waals surface area contributed by atoms with Crippen LogP contribution in [-0.4, -0.2) is 33.7 Å². The van der Waals surface area contributed by atoms with Gasteiger partial charge in [0.25, 0.3) is 0 Å². The molecule has 0 atom stereocenters. The second kappa shape index (κ2) is 9.89. The van der Waals surface area contributed by atoms with E-state index >= 15 is 0 Å². The lowest BCUT2D eigenvalue weighted by molar-refractivity contribution is -0.136. The second-order valence-corrected chi connectivity index (χ2v) is 9.43. The van der Waals surface area contributed by atoms with Crippen LogP contribution < -0.4 is 9.47 Å². The molecule has 1 N–H and O–H groups in total. The average Bonchev–Trinajstić information content (AvgIpc) is 3.37. The minimum absolute atomic E-state index is 0.0873. The van der Waals surface area contributed by atoms with E-state index < -0.39 is 5.97 Å². The first-order valence-corrected chi connectivity index (χ1v) is 11.7. The lowest BCUT2D eigenvalue weighted by atomic mass is 10.1. The van der Waals surface area contributed by atoms with Crippen LogP contribution in [0.25, 0.3) is 0 Å². The quantitative estimate of drug-likeness (QED) is 0.404. The number of rotatable bonds is 9. The molecule has 0 radical (unpaired) electrons. The largest absolute Gasteiger partial charge is 0.481 e. The fourth-order valence-corrected chi connectivity index (χ4v) is 4.71. The number of carbonyl (C=O) groups is 2. The Kier molecular flexibility index (Phi) is 6.95. The number of carbonyl (C=O) groups excluding carboxylic acids is 1. The van der Waals surface area contributed by atoms with Gasteiger partial charge in [-0.2, -0.15) is 0 Å². The molecule has 0 saturated heterocycles. The molecule has 172 valence electrons. The number of fused-ring (bicyclic) bond motifs is 1. The predicted octanol–water partition coefficient (Wildman–Crippen LogP) is 5.42. The molecule has 0 spiro atoms. The van der Waals surface area contributed by atoms with E-state index in [0.717, 1.165) is 28.1 Å². The normalized spacial score (nSPS) is 12.4. The lowest BCUT2D eigenvalue weighted by Crippen LogP contribution is -2.10. The molecule has 3 aromatic rings. The molecule has 1 aliphatic heterocycles. The monoisotopic (exact) mass is 486 g/mol. The van der Waals surface area contributed by atoms with Crippen LogP contribution in [0, 0.1) is 0 Å². The van der Waals surface area contributed by atoms with Gasteiger partial charge in [0, 0.05) is 28.3 Å².